The Labute approximate surface area is 223 Å². The van der Waals surface area contributed by atoms with Gasteiger partial charge in [0.15, 0.2) is 0 Å². The number of nitrogens with zero attached hydrogens (tertiary/aromatic N) is 4. The highest BCUT2D eigenvalue weighted by molar-refractivity contribution is 5.99. The number of carbonyl (C=O) groups is 1. The van der Waals surface area contributed by atoms with Crippen molar-refractivity contribution in [3.63, 3.8) is 0 Å². The summed E-state index contributed by atoms with van der Waals surface area (Å²) in [6.07, 6.45) is 3.46. The van der Waals surface area contributed by atoms with Gasteiger partial charge in [-0.3, -0.25) is 9.69 Å². The SMILES string of the molecule is C=CC(=O)N1CC2(CCN(c3nc4c(c(-c5cccc6cc(O)ccc56)c3C)CCN(C3COC3)C4)C2)C1. The molecule has 1 N–H and O–H groups in total. The smallest absolute Gasteiger partial charge is 0.245 e. The second-order valence-corrected chi connectivity index (χ2v) is 11.6. The molecule has 7 nitrogen and oxygen atoms in total. The van der Waals surface area contributed by atoms with Gasteiger partial charge < -0.3 is 19.6 Å². The molecule has 3 fully saturated rings. The molecule has 3 aromatic rings. The van der Waals surface area contributed by atoms with E-state index in [1.54, 1.807) is 6.07 Å². The number of hydrogen-bond acceptors (Lipinski definition) is 6. The molecule has 7 heteroatoms. The number of likely N-dealkylation sites (tertiary alicyclic amines) is 1. The minimum absolute atomic E-state index is 0.0292. The third-order valence-electron chi connectivity index (χ3n) is 9.15. The van der Waals surface area contributed by atoms with Gasteiger partial charge in [0.05, 0.1) is 24.9 Å². The van der Waals surface area contributed by atoms with Crippen molar-refractivity contribution >= 4 is 22.5 Å². The number of ether oxygens (including phenoxy) is 1. The van der Waals surface area contributed by atoms with Gasteiger partial charge in [-0.25, -0.2) is 4.98 Å². The van der Waals surface area contributed by atoms with Crippen LogP contribution in [0.1, 0.15) is 23.2 Å². The van der Waals surface area contributed by atoms with E-state index in [1.807, 2.05) is 17.0 Å². The van der Waals surface area contributed by atoms with Crippen molar-refractivity contribution in [1.29, 1.82) is 0 Å². The van der Waals surface area contributed by atoms with Crippen LogP contribution in [0.4, 0.5) is 5.82 Å². The molecule has 0 saturated carbocycles. The molecule has 1 amide bonds. The van der Waals surface area contributed by atoms with Crippen LogP contribution in [0.25, 0.3) is 21.9 Å². The van der Waals surface area contributed by atoms with Crippen LogP contribution in [0.2, 0.25) is 0 Å². The van der Waals surface area contributed by atoms with E-state index in [0.29, 0.717) is 6.04 Å². The lowest BCUT2D eigenvalue weighted by Crippen LogP contribution is -2.59. The molecule has 1 aromatic heterocycles. The summed E-state index contributed by atoms with van der Waals surface area (Å²) in [7, 11) is 0. The number of fused-ring (bicyclic) bond motifs is 2. The monoisotopic (exact) mass is 510 g/mol. The van der Waals surface area contributed by atoms with Crippen LogP contribution in [0.15, 0.2) is 49.1 Å². The van der Waals surface area contributed by atoms with Gasteiger partial charge in [-0.1, -0.05) is 30.8 Å². The number of hydrogen-bond donors (Lipinski definition) is 1. The summed E-state index contributed by atoms with van der Waals surface area (Å²) in [6.45, 7) is 12.8. The highest BCUT2D eigenvalue weighted by Crippen LogP contribution is 2.45. The van der Waals surface area contributed by atoms with Gasteiger partial charge in [-0.05, 0) is 71.0 Å². The average Bonchev–Trinajstić information content (AvgIpc) is 3.31. The van der Waals surface area contributed by atoms with E-state index in [0.717, 1.165) is 81.9 Å². The van der Waals surface area contributed by atoms with E-state index in [2.05, 4.69) is 41.5 Å². The average molecular weight is 511 g/mol. The number of rotatable bonds is 4. The lowest BCUT2D eigenvalue weighted by atomic mass is 9.79. The van der Waals surface area contributed by atoms with Crippen LogP contribution < -0.4 is 4.90 Å². The Morgan fingerprint density at radius 2 is 2.03 bits per heavy atom. The number of pyridine rings is 1. The van der Waals surface area contributed by atoms with Gasteiger partial charge >= 0.3 is 0 Å². The number of aromatic nitrogens is 1. The number of phenols is 1. The molecule has 0 atom stereocenters. The summed E-state index contributed by atoms with van der Waals surface area (Å²) >= 11 is 0. The maximum Gasteiger partial charge on any atom is 0.245 e. The van der Waals surface area contributed by atoms with Crippen molar-refractivity contribution < 1.29 is 14.6 Å². The van der Waals surface area contributed by atoms with Crippen molar-refractivity contribution in [3.8, 4) is 16.9 Å². The zero-order valence-electron chi connectivity index (χ0n) is 21.9. The highest BCUT2D eigenvalue weighted by Gasteiger charge is 2.49. The first-order valence-corrected chi connectivity index (χ1v) is 13.7. The fourth-order valence-corrected chi connectivity index (χ4v) is 7.02. The Morgan fingerprint density at radius 1 is 1.18 bits per heavy atom. The van der Waals surface area contributed by atoms with Crippen molar-refractivity contribution in [3.05, 3.63) is 65.9 Å². The van der Waals surface area contributed by atoms with Gasteiger partial charge in [0, 0.05) is 44.7 Å². The summed E-state index contributed by atoms with van der Waals surface area (Å²) in [5.41, 5.74) is 6.40. The summed E-state index contributed by atoms with van der Waals surface area (Å²) in [5.74, 6) is 1.39. The summed E-state index contributed by atoms with van der Waals surface area (Å²) in [6, 6.07) is 12.5. The molecule has 0 aliphatic carbocycles. The minimum atomic E-state index is 0.0292. The van der Waals surface area contributed by atoms with Crippen LogP contribution in [0, 0.1) is 12.3 Å². The summed E-state index contributed by atoms with van der Waals surface area (Å²) in [4.78, 5) is 24.3. The van der Waals surface area contributed by atoms with Gasteiger partial charge in [-0.15, -0.1) is 0 Å². The Bertz CT molecular complexity index is 1460. The molecule has 3 saturated heterocycles. The zero-order valence-corrected chi connectivity index (χ0v) is 21.9. The molecule has 0 unspecified atom stereocenters. The standard InChI is InChI=1S/C31H34N4O3/c1-3-28(37)35-18-31(19-35)10-12-34(17-31)30-20(2)29(25-6-4-5-21-13-23(36)7-8-24(21)25)26-9-11-33(14-27(26)32-30)22-15-38-16-22/h3-8,13,22,36H,1,9-12,14-19H2,2H3. The molecule has 7 rings (SSSR count). The molecule has 38 heavy (non-hydrogen) atoms. The molecule has 4 aliphatic heterocycles. The molecule has 4 aliphatic rings. The topological polar surface area (TPSA) is 69.1 Å². The Morgan fingerprint density at radius 3 is 2.79 bits per heavy atom. The first-order chi connectivity index (χ1) is 18.4. The maximum atomic E-state index is 12.1. The zero-order chi connectivity index (χ0) is 26.0. The van der Waals surface area contributed by atoms with Crippen molar-refractivity contribution in [1.82, 2.24) is 14.8 Å². The molecular weight excluding hydrogens is 476 g/mol. The van der Waals surface area contributed by atoms with E-state index < -0.39 is 0 Å². The van der Waals surface area contributed by atoms with Gasteiger partial charge in [0.25, 0.3) is 0 Å². The predicted octanol–water partition coefficient (Wildman–Crippen LogP) is 3.90. The third-order valence-corrected chi connectivity index (χ3v) is 9.15. The van der Waals surface area contributed by atoms with E-state index in [4.69, 9.17) is 9.72 Å². The second kappa shape index (κ2) is 8.82. The van der Waals surface area contributed by atoms with E-state index >= 15 is 0 Å². The maximum absolute atomic E-state index is 12.1. The highest BCUT2D eigenvalue weighted by atomic mass is 16.5. The number of benzene rings is 2. The predicted molar refractivity (Wildman–Crippen MR) is 148 cm³/mol. The van der Waals surface area contributed by atoms with Crippen LogP contribution >= 0.6 is 0 Å². The van der Waals surface area contributed by atoms with Crippen LogP contribution in [0.5, 0.6) is 5.75 Å². The Kier molecular flexibility index (Phi) is 5.49. The van der Waals surface area contributed by atoms with Crippen molar-refractivity contribution in [2.24, 2.45) is 5.41 Å². The first-order valence-electron chi connectivity index (χ1n) is 13.7. The number of phenolic OH excluding ortho intramolecular Hbond substituents is 1. The van der Waals surface area contributed by atoms with Crippen LogP contribution in [-0.2, 0) is 22.5 Å². The first kappa shape index (κ1) is 23.7. The number of amides is 1. The molecular formula is C31H34N4O3. The minimum Gasteiger partial charge on any atom is -0.508 e. The Hall–Kier alpha value is -3.42. The Balaban J connectivity index is 1.31. The largest absolute Gasteiger partial charge is 0.508 e. The van der Waals surface area contributed by atoms with Gasteiger partial charge in [0.2, 0.25) is 5.91 Å². The van der Waals surface area contributed by atoms with Crippen molar-refractivity contribution in [2.75, 3.05) is 50.8 Å². The van der Waals surface area contributed by atoms with Crippen LogP contribution in [0.3, 0.4) is 0 Å². The second-order valence-electron chi connectivity index (χ2n) is 11.6. The van der Waals surface area contributed by atoms with E-state index in [-0.39, 0.29) is 17.1 Å². The van der Waals surface area contributed by atoms with E-state index in [1.165, 1.54) is 34.0 Å². The quantitative estimate of drug-likeness (QED) is 0.537. The van der Waals surface area contributed by atoms with Crippen LogP contribution in [-0.4, -0.2) is 77.8 Å². The van der Waals surface area contributed by atoms with Crippen molar-refractivity contribution in [2.45, 2.75) is 32.4 Å². The number of aromatic hydroxyl groups is 1. The molecule has 1 spiro atoms. The molecule has 5 heterocycles. The lowest BCUT2D eigenvalue weighted by molar-refractivity contribution is -0.136. The molecule has 0 bridgehead atoms. The summed E-state index contributed by atoms with van der Waals surface area (Å²) < 4.78 is 5.50. The fourth-order valence-electron chi connectivity index (χ4n) is 7.02. The number of anilines is 1. The summed E-state index contributed by atoms with van der Waals surface area (Å²) in [5, 5.41) is 12.3. The number of carbonyl (C=O) groups excluding carboxylic acids is 1. The fraction of sp³-hybridized carbons (Fsp3) is 0.419. The molecule has 2 aromatic carbocycles. The van der Waals surface area contributed by atoms with E-state index in [9.17, 15) is 9.90 Å². The van der Waals surface area contributed by atoms with Gasteiger partial charge in [-0.2, -0.15) is 0 Å². The van der Waals surface area contributed by atoms with Gasteiger partial charge in [0.1, 0.15) is 11.6 Å². The third kappa shape index (κ3) is 3.71. The molecule has 0 radical (unpaired) electrons. The lowest BCUT2D eigenvalue weighted by Gasteiger charge is -2.47. The normalized spacial score (nSPS) is 20.9. The molecule has 196 valence electrons.